The van der Waals surface area contributed by atoms with E-state index in [0.29, 0.717) is 7.29 Å². The van der Waals surface area contributed by atoms with Gasteiger partial charge in [-0.25, -0.2) is 0 Å². The molecule has 2 aromatic carbocycles. The van der Waals surface area contributed by atoms with Gasteiger partial charge in [0.05, 0.1) is 0 Å². The van der Waals surface area contributed by atoms with Crippen molar-refractivity contribution in [2.24, 2.45) is 0 Å². The standard InChI is InChI=1S/C12H10.Cl2P/c1-3-7-11(8-4-1)12-9-5-2-6-10-12;1-3-2/h1-10H;. The van der Waals surface area contributed by atoms with E-state index < -0.39 is 0 Å². The van der Waals surface area contributed by atoms with Gasteiger partial charge in [0.2, 0.25) is 0 Å². The number of benzene rings is 2. The van der Waals surface area contributed by atoms with Gasteiger partial charge in [0.15, 0.2) is 0 Å². The normalized spacial score (nSPS) is 8.93. The van der Waals surface area contributed by atoms with Crippen LogP contribution in [0.3, 0.4) is 0 Å². The molecule has 0 aliphatic carbocycles. The minimum Gasteiger partial charge on any atom is -0.0704 e. The van der Waals surface area contributed by atoms with Crippen molar-refractivity contribution in [3.05, 3.63) is 60.7 Å². The molecule has 77 valence electrons. The molecule has 0 amide bonds. The third-order valence-electron chi connectivity index (χ3n) is 1.88. The van der Waals surface area contributed by atoms with Crippen LogP contribution in [-0.2, 0) is 0 Å². The summed E-state index contributed by atoms with van der Waals surface area (Å²) in [5, 5.41) is 0. The van der Waals surface area contributed by atoms with E-state index in [1.165, 1.54) is 11.1 Å². The van der Waals surface area contributed by atoms with Crippen LogP contribution in [0.4, 0.5) is 0 Å². The third kappa shape index (κ3) is 4.66. The van der Waals surface area contributed by atoms with Crippen LogP contribution in [0.1, 0.15) is 0 Å². The predicted molar refractivity (Wildman–Crippen MR) is 70.5 cm³/mol. The Balaban J connectivity index is 0.000000337. The highest BCUT2D eigenvalue weighted by atomic mass is 35.9. The van der Waals surface area contributed by atoms with Crippen molar-refractivity contribution in [3.8, 4) is 11.1 Å². The van der Waals surface area contributed by atoms with Gasteiger partial charge in [0.1, 0.15) is 7.29 Å². The molecule has 0 saturated carbocycles. The molecule has 0 aromatic heterocycles. The summed E-state index contributed by atoms with van der Waals surface area (Å²) in [5.74, 6) is 0. The van der Waals surface area contributed by atoms with Crippen molar-refractivity contribution < 1.29 is 0 Å². The fourth-order valence-corrected chi connectivity index (χ4v) is 1.26. The van der Waals surface area contributed by atoms with E-state index in [9.17, 15) is 0 Å². The van der Waals surface area contributed by atoms with E-state index in [-0.39, 0.29) is 0 Å². The van der Waals surface area contributed by atoms with Crippen LogP contribution in [-0.4, -0.2) is 0 Å². The quantitative estimate of drug-likeness (QED) is 0.583. The van der Waals surface area contributed by atoms with Gasteiger partial charge >= 0.3 is 0 Å². The Kier molecular flexibility index (Phi) is 6.43. The summed E-state index contributed by atoms with van der Waals surface area (Å²) in [7, 11) is 0.361. The Hall–Kier alpha value is -0.550. The number of hydrogen-bond acceptors (Lipinski definition) is 0. The highest BCUT2D eigenvalue weighted by Crippen LogP contribution is 2.19. The molecule has 0 atom stereocenters. The lowest BCUT2D eigenvalue weighted by molar-refractivity contribution is 1.62. The smallest absolute Gasteiger partial charge is 0.0704 e. The summed E-state index contributed by atoms with van der Waals surface area (Å²) in [6.07, 6.45) is 0. The Morgan fingerprint density at radius 1 is 0.600 bits per heavy atom. The molecule has 2 aromatic rings. The van der Waals surface area contributed by atoms with Crippen LogP contribution < -0.4 is 0 Å². The van der Waals surface area contributed by atoms with Gasteiger partial charge in [-0.3, -0.25) is 0 Å². The van der Waals surface area contributed by atoms with Gasteiger partial charge in [-0.1, -0.05) is 83.1 Å². The molecule has 0 bridgehead atoms. The molecule has 0 spiro atoms. The van der Waals surface area contributed by atoms with Crippen LogP contribution >= 0.6 is 29.8 Å². The lowest BCUT2D eigenvalue weighted by Crippen LogP contribution is -1.73. The first-order valence-corrected chi connectivity index (χ1v) is 7.11. The highest BCUT2D eigenvalue weighted by molar-refractivity contribution is 7.90. The molecule has 1 radical (unpaired) electrons. The summed E-state index contributed by atoms with van der Waals surface area (Å²) in [6, 6.07) is 20.8. The van der Waals surface area contributed by atoms with E-state index in [1.807, 2.05) is 12.1 Å². The van der Waals surface area contributed by atoms with E-state index in [4.69, 9.17) is 22.5 Å². The van der Waals surface area contributed by atoms with Crippen LogP contribution in [0.5, 0.6) is 0 Å². The predicted octanol–water partition coefficient (Wildman–Crippen LogP) is 5.59. The SMILES string of the molecule is Cl[P]Cl.c1ccc(-c2ccccc2)cc1. The van der Waals surface area contributed by atoms with Gasteiger partial charge < -0.3 is 0 Å². The molecule has 0 fully saturated rings. The first-order valence-electron chi connectivity index (χ1n) is 4.41. The van der Waals surface area contributed by atoms with Gasteiger partial charge in [-0.2, -0.15) is 0 Å². The summed E-state index contributed by atoms with van der Waals surface area (Å²) in [5.41, 5.74) is 2.55. The van der Waals surface area contributed by atoms with Gasteiger partial charge in [0.25, 0.3) is 0 Å². The largest absolute Gasteiger partial charge is 0.141 e. The highest BCUT2D eigenvalue weighted by Gasteiger charge is 1.91. The summed E-state index contributed by atoms with van der Waals surface area (Å²) in [6.45, 7) is 0. The van der Waals surface area contributed by atoms with Gasteiger partial charge in [0, 0.05) is 0 Å². The lowest BCUT2D eigenvalue weighted by atomic mass is 10.1. The van der Waals surface area contributed by atoms with Crippen LogP contribution in [0, 0.1) is 0 Å². The van der Waals surface area contributed by atoms with Crippen molar-refractivity contribution in [2.45, 2.75) is 0 Å². The maximum absolute atomic E-state index is 4.74. The van der Waals surface area contributed by atoms with Crippen molar-refractivity contribution in [2.75, 3.05) is 0 Å². The van der Waals surface area contributed by atoms with E-state index in [2.05, 4.69) is 48.5 Å². The molecule has 0 unspecified atom stereocenters. The van der Waals surface area contributed by atoms with Gasteiger partial charge in [-0.15, -0.1) is 0 Å². The maximum Gasteiger partial charge on any atom is 0.141 e. The molecular weight excluding hydrogens is 246 g/mol. The minimum absolute atomic E-state index is 0.361. The first-order chi connectivity index (χ1) is 7.38. The Bertz CT molecular complexity index is 324. The average molecular weight is 256 g/mol. The fourth-order valence-electron chi connectivity index (χ4n) is 1.26. The lowest BCUT2D eigenvalue weighted by Gasteiger charge is -1.98. The van der Waals surface area contributed by atoms with Crippen molar-refractivity contribution >= 4 is 29.8 Å². The van der Waals surface area contributed by atoms with E-state index in [0.717, 1.165) is 0 Å². The zero-order valence-corrected chi connectivity index (χ0v) is 10.4. The second-order valence-corrected chi connectivity index (χ2v) is 4.46. The molecule has 2 rings (SSSR count). The number of rotatable bonds is 1. The third-order valence-corrected chi connectivity index (χ3v) is 1.88. The van der Waals surface area contributed by atoms with Crippen molar-refractivity contribution in [1.82, 2.24) is 0 Å². The van der Waals surface area contributed by atoms with Crippen molar-refractivity contribution in [3.63, 3.8) is 0 Å². The Labute approximate surface area is 102 Å². The first kappa shape index (κ1) is 12.5. The molecule has 0 aliphatic rings. The number of halogens is 2. The topological polar surface area (TPSA) is 0 Å². The van der Waals surface area contributed by atoms with Crippen molar-refractivity contribution in [1.29, 1.82) is 0 Å². The van der Waals surface area contributed by atoms with E-state index >= 15 is 0 Å². The molecule has 0 nitrogen and oxygen atoms in total. The maximum atomic E-state index is 4.74. The monoisotopic (exact) mass is 255 g/mol. The summed E-state index contributed by atoms with van der Waals surface area (Å²) < 4.78 is 0. The Morgan fingerprint density at radius 2 is 0.867 bits per heavy atom. The second kappa shape index (κ2) is 7.70. The molecule has 0 saturated heterocycles. The molecule has 3 heteroatoms. The summed E-state index contributed by atoms with van der Waals surface area (Å²) in [4.78, 5) is 0. The van der Waals surface area contributed by atoms with E-state index in [1.54, 1.807) is 0 Å². The minimum atomic E-state index is 0.361. The van der Waals surface area contributed by atoms with Crippen LogP contribution in [0.2, 0.25) is 0 Å². The van der Waals surface area contributed by atoms with Gasteiger partial charge in [-0.05, 0) is 11.1 Å². The van der Waals surface area contributed by atoms with Crippen LogP contribution in [0.25, 0.3) is 11.1 Å². The average Bonchev–Trinajstić information content (AvgIpc) is 2.32. The second-order valence-electron chi connectivity index (χ2n) is 2.80. The number of hydrogen-bond donors (Lipinski definition) is 0. The molecule has 0 heterocycles. The Morgan fingerprint density at radius 3 is 1.13 bits per heavy atom. The zero-order chi connectivity index (χ0) is 10.9. The molecular formula is C12H10Cl2P. The summed E-state index contributed by atoms with van der Waals surface area (Å²) >= 11 is 9.47. The molecule has 0 N–H and O–H groups in total. The molecule has 15 heavy (non-hydrogen) atoms. The zero-order valence-electron chi connectivity index (χ0n) is 7.98. The fraction of sp³-hybridized carbons (Fsp3) is 0. The molecule has 0 aliphatic heterocycles. The van der Waals surface area contributed by atoms with Crippen LogP contribution in [0.15, 0.2) is 60.7 Å².